The summed E-state index contributed by atoms with van der Waals surface area (Å²) >= 11 is 0. The fourth-order valence-electron chi connectivity index (χ4n) is 2.44. The maximum atomic E-state index is 13.8. The second kappa shape index (κ2) is 6.52. The number of hydrogen-bond donors (Lipinski definition) is 0. The van der Waals surface area contributed by atoms with Crippen LogP contribution in [0.2, 0.25) is 19.6 Å². The van der Waals surface area contributed by atoms with E-state index in [2.05, 4.69) is 0 Å². The third-order valence-corrected chi connectivity index (χ3v) is 4.08. The molecule has 122 valence electrons. The van der Waals surface area contributed by atoms with Crippen molar-refractivity contribution in [1.82, 2.24) is 0 Å². The van der Waals surface area contributed by atoms with Crippen LogP contribution < -0.4 is 0 Å². The van der Waals surface area contributed by atoms with Gasteiger partial charge < -0.3 is 9.16 Å². The van der Waals surface area contributed by atoms with E-state index < -0.39 is 26.1 Å². The molecule has 1 unspecified atom stereocenters. The van der Waals surface area contributed by atoms with Crippen LogP contribution in [0.25, 0.3) is 0 Å². The van der Waals surface area contributed by atoms with Gasteiger partial charge in [-0.3, -0.25) is 0 Å². The summed E-state index contributed by atoms with van der Waals surface area (Å²) in [5.74, 6) is -1.34. The van der Waals surface area contributed by atoms with Gasteiger partial charge in [-0.2, -0.15) is 13.2 Å². The molecule has 1 aliphatic rings. The summed E-state index contributed by atoms with van der Waals surface area (Å²) in [7, 11) is -2.64. The number of allylic oxidation sites excluding steroid dienone is 1. The van der Waals surface area contributed by atoms with Crippen LogP contribution in [0.5, 0.6) is 0 Å². The lowest BCUT2D eigenvalue weighted by atomic mass is 9.85. The Labute approximate surface area is 124 Å². The van der Waals surface area contributed by atoms with Gasteiger partial charge in [0.1, 0.15) is 0 Å². The molecule has 1 atom stereocenters. The Morgan fingerprint density at radius 1 is 1.29 bits per heavy atom. The quantitative estimate of drug-likeness (QED) is 0.432. The first-order valence-corrected chi connectivity index (χ1v) is 10.6. The lowest BCUT2D eigenvalue weighted by molar-refractivity contribution is -0.244. The Balaban J connectivity index is 3.40. The Kier molecular flexibility index (Phi) is 5.66. The van der Waals surface area contributed by atoms with Crippen LogP contribution in [0.4, 0.5) is 13.2 Å². The minimum atomic E-state index is -4.83. The van der Waals surface area contributed by atoms with Crippen LogP contribution in [0.15, 0.2) is 11.6 Å². The highest BCUT2D eigenvalue weighted by Gasteiger charge is 2.66. The molecule has 0 heterocycles. The molecule has 7 heteroatoms. The van der Waals surface area contributed by atoms with Gasteiger partial charge in [-0.1, -0.05) is 6.08 Å². The number of ether oxygens (including phenoxy) is 1. The predicted octanol–water partition coefficient (Wildman–Crippen LogP) is 4.20. The molecule has 0 aromatic heterocycles. The number of hydrogen-bond acceptors (Lipinski definition) is 3. The van der Waals surface area contributed by atoms with Crippen molar-refractivity contribution in [3.8, 4) is 0 Å². The largest absolute Gasteiger partial charge is 0.463 e. The van der Waals surface area contributed by atoms with Gasteiger partial charge in [-0.15, -0.1) is 0 Å². The van der Waals surface area contributed by atoms with Crippen molar-refractivity contribution in [3.05, 3.63) is 11.6 Å². The molecule has 0 radical (unpaired) electrons. The van der Waals surface area contributed by atoms with E-state index in [4.69, 9.17) is 9.16 Å². The standard InChI is InChI=1S/C14H23F3O3Si/c1-5-19-12(18)13(14(15,16)17,20-21(2,3)4)11-9-7-6-8-10-11/h9H,5-8,10H2,1-4H3. The first-order valence-electron chi connectivity index (χ1n) is 7.18. The minimum Gasteiger partial charge on any atom is -0.463 e. The molecule has 0 saturated heterocycles. The smallest absolute Gasteiger partial charge is 0.431 e. The molecular weight excluding hydrogens is 301 g/mol. The van der Waals surface area contributed by atoms with Crippen LogP contribution in [0.1, 0.15) is 32.6 Å². The van der Waals surface area contributed by atoms with Gasteiger partial charge in [-0.25, -0.2) is 4.79 Å². The zero-order valence-electron chi connectivity index (χ0n) is 13.0. The zero-order valence-corrected chi connectivity index (χ0v) is 14.0. The second-order valence-electron chi connectivity index (χ2n) is 6.09. The van der Waals surface area contributed by atoms with E-state index >= 15 is 0 Å². The summed E-state index contributed by atoms with van der Waals surface area (Å²) in [6.07, 6.45) is -1.15. The maximum absolute atomic E-state index is 13.8. The van der Waals surface area contributed by atoms with Gasteiger partial charge in [0.15, 0.2) is 8.32 Å². The molecule has 0 N–H and O–H groups in total. The van der Waals surface area contributed by atoms with E-state index in [1.807, 2.05) is 0 Å². The van der Waals surface area contributed by atoms with E-state index in [0.717, 1.165) is 6.42 Å². The van der Waals surface area contributed by atoms with Crippen molar-refractivity contribution in [2.24, 2.45) is 0 Å². The molecule has 1 rings (SSSR count). The molecular formula is C14H23F3O3Si. The molecule has 0 amide bonds. The second-order valence-corrected chi connectivity index (χ2v) is 10.5. The molecule has 0 aromatic rings. The molecule has 21 heavy (non-hydrogen) atoms. The summed E-state index contributed by atoms with van der Waals surface area (Å²) in [5.41, 5.74) is -2.93. The summed E-state index contributed by atoms with van der Waals surface area (Å²) in [4.78, 5) is 12.2. The Hall–Kier alpha value is -0.823. The summed E-state index contributed by atoms with van der Waals surface area (Å²) in [6.45, 7) is 6.28. The molecule has 0 aromatic carbocycles. The van der Waals surface area contributed by atoms with E-state index in [9.17, 15) is 18.0 Å². The third kappa shape index (κ3) is 4.09. The lowest BCUT2D eigenvalue weighted by Gasteiger charge is -2.40. The molecule has 1 aliphatic carbocycles. The van der Waals surface area contributed by atoms with Crippen molar-refractivity contribution in [2.75, 3.05) is 6.61 Å². The monoisotopic (exact) mass is 324 g/mol. The SMILES string of the molecule is CCOC(=O)C(O[Si](C)(C)C)(C1=CCCCC1)C(F)(F)F. The molecule has 3 nitrogen and oxygen atoms in total. The Morgan fingerprint density at radius 2 is 1.90 bits per heavy atom. The van der Waals surface area contributed by atoms with Crippen LogP contribution in [-0.4, -0.2) is 32.7 Å². The number of esters is 1. The van der Waals surface area contributed by atoms with Gasteiger partial charge in [0.05, 0.1) is 6.61 Å². The van der Waals surface area contributed by atoms with E-state index in [0.29, 0.717) is 12.8 Å². The van der Waals surface area contributed by atoms with Crippen LogP contribution >= 0.6 is 0 Å². The number of rotatable bonds is 5. The summed E-state index contributed by atoms with van der Waals surface area (Å²) in [6, 6.07) is 0. The van der Waals surface area contributed by atoms with E-state index in [1.165, 1.54) is 13.0 Å². The average molecular weight is 324 g/mol. The van der Waals surface area contributed by atoms with E-state index in [-0.39, 0.29) is 18.6 Å². The van der Waals surface area contributed by atoms with Gasteiger partial charge in [0.25, 0.3) is 5.60 Å². The Morgan fingerprint density at radius 3 is 2.29 bits per heavy atom. The molecule has 0 bridgehead atoms. The fraction of sp³-hybridized carbons (Fsp3) is 0.786. The van der Waals surface area contributed by atoms with Crippen molar-refractivity contribution in [2.45, 2.75) is 64.0 Å². The van der Waals surface area contributed by atoms with Crippen LogP contribution in [0, 0.1) is 0 Å². The maximum Gasteiger partial charge on any atom is 0.431 e. The molecule has 0 saturated carbocycles. The van der Waals surface area contributed by atoms with Crippen molar-refractivity contribution in [3.63, 3.8) is 0 Å². The predicted molar refractivity (Wildman–Crippen MR) is 76.4 cm³/mol. The third-order valence-electron chi connectivity index (χ3n) is 3.16. The van der Waals surface area contributed by atoms with Crippen molar-refractivity contribution < 1.29 is 27.1 Å². The molecule has 0 fully saturated rings. The number of carbonyl (C=O) groups excluding carboxylic acids is 1. The number of alkyl halides is 3. The highest BCUT2D eigenvalue weighted by molar-refractivity contribution is 6.70. The van der Waals surface area contributed by atoms with Crippen LogP contribution in [-0.2, 0) is 14.0 Å². The zero-order chi connectivity index (χ0) is 16.3. The van der Waals surface area contributed by atoms with Crippen LogP contribution in [0.3, 0.4) is 0 Å². The fourth-order valence-corrected chi connectivity index (χ4v) is 3.69. The lowest BCUT2D eigenvalue weighted by Crippen LogP contribution is -2.60. The first-order chi connectivity index (χ1) is 9.54. The number of halogens is 3. The topological polar surface area (TPSA) is 35.5 Å². The highest BCUT2D eigenvalue weighted by Crippen LogP contribution is 2.45. The number of carbonyl (C=O) groups is 1. The van der Waals surface area contributed by atoms with E-state index in [1.54, 1.807) is 19.6 Å². The van der Waals surface area contributed by atoms with Crippen molar-refractivity contribution in [1.29, 1.82) is 0 Å². The summed E-state index contributed by atoms with van der Waals surface area (Å²) in [5, 5.41) is 0. The van der Waals surface area contributed by atoms with Gasteiger partial charge in [0.2, 0.25) is 0 Å². The Bertz CT molecular complexity index is 413. The van der Waals surface area contributed by atoms with Gasteiger partial charge >= 0.3 is 12.1 Å². The average Bonchev–Trinajstić information content (AvgIpc) is 2.34. The van der Waals surface area contributed by atoms with Gasteiger partial charge in [0, 0.05) is 0 Å². The first kappa shape index (κ1) is 18.2. The normalized spacial score (nSPS) is 19.7. The minimum absolute atomic E-state index is 0.00197. The van der Waals surface area contributed by atoms with Gasteiger partial charge in [-0.05, 0) is 57.8 Å². The molecule has 0 spiro atoms. The summed E-state index contributed by atoms with van der Waals surface area (Å²) < 4.78 is 51.6. The highest BCUT2D eigenvalue weighted by atomic mass is 28.4. The van der Waals surface area contributed by atoms with Crippen molar-refractivity contribution >= 4 is 14.3 Å². The molecule has 0 aliphatic heterocycles.